The Kier molecular flexibility index (Phi) is 4.61. The second kappa shape index (κ2) is 6.21. The van der Waals surface area contributed by atoms with Crippen LogP contribution in [0.25, 0.3) is 6.08 Å². The van der Waals surface area contributed by atoms with Crippen molar-refractivity contribution in [2.75, 3.05) is 13.2 Å². The van der Waals surface area contributed by atoms with E-state index in [0.29, 0.717) is 13.2 Å². The van der Waals surface area contributed by atoms with Gasteiger partial charge >= 0.3 is 5.97 Å². The number of hydrogen-bond donors (Lipinski definition) is 1. The Morgan fingerprint density at radius 3 is 3.00 bits per heavy atom. The molecular weight excluding hydrogens is 312 g/mol. The zero-order chi connectivity index (χ0) is 13.8. The molecule has 0 radical (unpaired) electrons. The molecule has 1 fully saturated rings. The van der Waals surface area contributed by atoms with E-state index in [1.807, 2.05) is 19.1 Å². The second-order valence-electron chi connectivity index (χ2n) is 4.42. The van der Waals surface area contributed by atoms with Crippen LogP contribution in [-0.2, 0) is 9.53 Å². The molecule has 0 amide bonds. The molecule has 1 N–H and O–H groups in total. The van der Waals surface area contributed by atoms with Crippen molar-refractivity contribution in [3.05, 3.63) is 33.8 Å². The molecule has 1 atom stereocenters. The van der Waals surface area contributed by atoms with Gasteiger partial charge in [-0.2, -0.15) is 0 Å². The van der Waals surface area contributed by atoms with Crippen molar-refractivity contribution in [1.82, 2.24) is 0 Å². The first-order valence-electron chi connectivity index (χ1n) is 6.02. The van der Waals surface area contributed by atoms with Crippen LogP contribution in [0.4, 0.5) is 0 Å². The number of hydrogen-bond acceptors (Lipinski definition) is 3. The molecule has 0 aromatic heterocycles. The highest BCUT2D eigenvalue weighted by Gasteiger charge is 2.19. The van der Waals surface area contributed by atoms with E-state index in [9.17, 15) is 4.79 Å². The molecule has 1 aliphatic rings. The molecule has 0 bridgehead atoms. The highest BCUT2D eigenvalue weighted by molar-refractivity contribution is 9.10. The smallest absolute Gasteiger partial charge is 0.328 e. The van der Waals surface area contributed by atoms with Gasteiger partial charge in [-0.1, -0.05) is 15.9 Å². The summed E-state index contributed by atoms with van der Waals surface area (Å²) < 4.78 is 12.1. The molecule has 1 aromatic carbocycles. The van der Waals surface area contributed by atoms with E-state index >= 15 is 0 Å². The Balaban J connectivity index is 2.30. The molecule has 0 saturated carbocycles. The Labute approximate surface area is 120 Å². The van der Waals surface area contributed by atoms with Gasteiger partial charge < -0.3 is 14.6 Å². The van der Waals surface area contributed by atoms with Crippen molar-refractivity contribution in [2.24, 2.45) is 0 Å². The maximum atomic E-state index is 10.6. The average molecular weight is 327 g/mol. The zero-order valence-corrected chi connectivity index (χ0v) is 12.1. The summed E-state index contributed by atoms with van der Waals surface area (Å²) in [5.41, 5.74) is 1.72. The van der Waals surface area contributed by atoms with Crippen molar-refractivity contribution >= 4 is 28.0 Å². The number of halogens is 1. The third-order valence-electron chi connectivity index (χ3n) is 2.85. The van der Waals surface area contributed by atoms with E-state index in [2.05, 4.69) is 15.9 Å². The third-order valence-corrected chi connectivity index (χ3v) is 3.30. The molecule has 1 aliphatic heterocycles. The lowest BCUT2D eigenvalue weighted by atomic mass is 10.1. The fourth-order valence-electron chi connectivity index (χ4n) is 1.97. The number of benzene rings is 1. The van der Waals surface area contributed by atoms with Crippen LogP contribution in [0.15, 0.2) is 22.7 Å². The first kappa shape index (κ1) is 14.1. The van der Waals surface area contributed by atoms with E-state index in [-0.39, 0.29) is 6.10 Å². The molecule has 1 aromatic rings. The summed E-state index contributed by atoms with van der Waals surface area (Å²) in [6, 6.07) is 3.79. The highest BCUT2D eigenvalue weighted by Crippen LogP contribution is 2.31. The van der Waals surface area contributed by atoms with Gasteiger partial charge in [0.2, 0.25) is 0 Å². The summed E-state index contributed by atoms with van der Waals surface area (Å²) in [5.74, 6) is -0.260. The van der Waals surface area contributed by atoms with Crippen molar-refractivity contribution in [2.45, 2.75) is 19.4 Å². The largest absolute Gasteiger partial charge is 0.487 e. The van der Waals surface area contributed by atoms with Gasteiger partial charge in [-0.3, -0.25) is 0 Å². The van der Waals surface area contributed by atoms with Gasteiger partial charge in [-0.25, -0.2) is 4.79 Å². The molecule has 19 heavy (non-hydrogen) atoms. The fraction of sp³-hybridized carbons (Fsp3) is 0.357. The van der Waals surface area contributed by atoms with Gasteiger partial charge in [0.15, 0.2) is 0 Å². The standard InChI is InChI=1S/C14H15BrO4/c1-9-6-11(15)7-10(2-3-13(16)17)14(9)19-12-4-5-18-8-12/h2-3,6-7,12H,4-5,8H2,1H3,(H,16,17)/b3-2+. The maximum Gasteiger partial charge on any atom is 0.328 e. The van der Waals surface area contributed by atoms with Gasteiger partial charge in [0.1, 0.15) is 11.9 Å². The van der Waals surface area contributed by atoms with E-state index < -0.39 is 5.97 Å². The Morgan fingerprint density at radius 1 is 1.58 bits per heavy atom. The van der Waals surface area contributed by atoms with E-state index in [0.717, 1.165) is 33.8 Å². The van der Waals surface area contributed by atoms with Gasteiger partial charge in [0.05, 0.1) is 13.2 Å². The quantitative estimate of drug-likeness (QED) is 0.864. The number of carboxylic acids is 1. The van der Waals surface area contributed by atoms with E-state index in [4.69, 9.17) is 14.6 Å². The van der Waals surface area contributed by atoms with Crippen LogP contribution >= 0.6 is 15.9 Å². The van der Waals surface area contributed by atoms with Crippen LogP contribution in [0.1, 0.15) is 17.5 Å². The van der Waals surface area contributed by atoms with Crippen molar-refractivity contribution in [3.63, 3.8) is 0 Å². The fourth-order valence-corrected chi connectivity index (χ4v) is 2.56. The summed E-state index contributed by atoms with van der Waals surface area (Å²) in [6.45, 7) is 3.23. The van der Waals surface area contributed by atoms with Crippen LogP contribution in [0.2, 0.25) is 0 Å². The first-order chi connectivity index (χ1) is 9.06. The minimum atomic E-state index is -0.979. The lowest BCUT2D eigenvalue weighted by Crippen LogP contribution is -2.17. The van der Waals surface area contributed by atoms with E-state index in [1.54, 1.807) is 6.08 Å². The summed E-state index contributed by atoms with van der Waals surface area (Å²) >= 11 is 3.41. The topological polar surface area (TPSA) is 55.8 Å². The van der Waals surface area contributed by atoms with E-state index in [1.165, 1.54) is 0 Å². The number of ether oxygens (including phenoxy) is 2. The number of aryl methyl sites for hydroxylation is 1. The van der Waals surface area contributed by atoms with Gasteiger partial charge in [0.25, 0.3) is 0 Å². The number of carboxylic acid groups (broad SMARTS) is 1. The van der Waals surface area contributed by atoms with Crippen LogP contribution in [0, 0.1) is 6.92 Å². The maximum absolute atomic E-state index is 10.6. The minimum Gasteiger partial charge on any atom is -0.487 e. The summed E-state index contributed by atoms with van der Waals surface area (Å²) in [6.07, 6.45) is 3.55. The molecule has 2 rings (SSSR count). The number of aliphatic carboxylic acids is 1. The van der Waals surface area contributed by atoms with Crippen LogP contribution in [0.3, 0.4) is 0 Å². The monoisotopic (exact) mass is 326 g/mol. The zero-order valence-electron chi connectivity index (χ0n) is 10.6. The van der Waals surface area contributed by atoms with Gasteiger partial charge in [-0.15, -0.1) is 0 Å². The molecule has 0 spiro atoms. The van der Waals surface area contributed by atoms with Gasteiger partial charge in [-0.05, 0) is 30.7 Å². The summed E-state index contributed by atoms with van der Waals surface area (Å²) in [5, 5.41) is 8.73. The SMILES string of the molecule is Cc1cc(Br)cc(/C=C/C(=O)O)c1OC1CCOC1. The van der Waals surface area contributed by atoms with Crippen molar-refractivity contribution < 1.29 is 19.4 Å². The second-order valence-corrected chi connectivity index (χ2v) is 5.33. The van der Waals surface area contributed by atoms with Crippen molar-refractivity contribution in [1.29, 1.82) is 0 Å². The lowest BCUT2D eigenvalue weighted by Gasteiger charge is -2.17. The van der Waals surface area contributed by atoms with Crippen LogP contribution < -0.4 is 4.74 Å². The average Bonchev–Trinajstić information content (AvgIpc) is 2.83. The predicted octanol–water partition coefficient (Wildman–Crippen LogP) is 3.02. The van der Waals surface area contributed by atoms with Crippen LogP contribution in [0.5, 0.6) is 5.75 Å². The molecule has 1 saturated heterocycles. The van der Waals surface area contributed by atoms with Crippen molar-refractivity contribution in [3.8, 4) is 5.75 Å². The normalized spacial score (nSPS) is 18.9. The number of carbonyl (C=O) groups is 1. The van der Waals surface area contributed by atoms with Gasteiger partial charge in [0, 0.05) is 22.5 Å². The predicted molar refractivity (Wildman–Crippen MR) is 75.4 cm³/mol. The molecule has 5 heteroatoms. The molecule has 102 valence electrons. The molecule has 4 nitrogen and oxygen atoms in total. The number of rotatable bonds is 4. The minimum absolute atomic E-state index is 0.0388. The highest BCUT2D eigenvalue weighted by atomic mass is 79.9. The summed E-state index contributed by atoms with van der Waals surface area (Å²) in [4.78, 5) is 10.6. The lowest BCUT2D eigenvalue weighted by molar-refractivity contribution is -0.131. The summed E-state index contributed by atoms with van der Waals surface area (Å²) in [7, 11) is 0. The Bertz CT molecular complexity index is 504. The first-order valence-corrected chi connectivity index (χ1v) is 6.81. The molecule has 1 heterocycles. The van der Waals surface area contributed by atoms with Crippen LogP contribution in [-0.4, -0.2) is 30.4 Å². The molecule has 1 unspecified atom stereocenters. The Morgan fingerprint density at radius 2 is 2.37 bits per heavy atom. The molecular formula is C14H15BrO4. The Hall–Kier alpha value is -1.33. The molecule has 0 aliphatic carbocycles. The third kappa shape index (κ3) is 3.81.